The molecule has 1 aliphatic rings. The van der Waals surface area contributed by atoms with Crippen LogP contribution in [0.15, 0.2) is 24.8 Å². The number of hydrogen-bond donors (Lipinski definition) is 1. The summed E-state index contributed by atoms with van der Waals surface area (Å²) in [6.07, 6.45) is 3.22. The topological polar surface area (TPSA) is 89.9 Å². The molecule has 1 radical (unpaired) electrons. The molecule has 0 spiro atoms. The van der Waals surface area contributed by atoms with E-state index < -0.39 is 17.9 Å². The van der Waals surface area contributed by atoms with Gasteiger partial charge in [-0.05, 0) is 0 Å². The van der Waals surface area contributed by atoms with Gasteiger partial charge in [0.2, 0.25) is 0 Å². The molecule has 6 nitrogen and oxygen atoms in total. The van der Waals surface area contributed by atoms with Crippen LogP contribution < -0.4 is 0 Å². The minimum Gasteiger partial charge on any atom is -0.460 e. The number of carbonyl (C=O) groups is 3. The van der Waals surface area contributed by atoms with Crippen LogP contribution in [-0.4, -0.2) is 65.8 Å². The van der Waals surface area contributed by atoms with E-state index >= 15 is 0 Å². The zero-order chi connectivity index (χ0) is 11.7. The molecule has 16 heavy (non-hydrogen) atoms. The summed E-state index contributed by atoms with van der Waals surface area (Å²) in [5, 5.41) is 8.10. The van der Waals surface area contributed by atoms with Gasteiger partial charge in [0.1, 0.15) is 6.61 Å². The van der Waals surface area contributed by atoms with E-state index in [0.717, 1.165) is 18.2 Å². The van der Waals surface area contributed by atoms with Gasteiger partial charge < -0.3 is 14.6 Å². The number of cyclic esters (lactones) is 2. The molecular weight excluding hydrogens is 227 g/mol. The van der Waals surface area contributed by atoms with Crippen molar-refractivity contribution in [3.05, 3.63) is 24.8 Å². The maximum Gasteiger partial charge on any atom is 0.338 e. The van der Waals surface area contributed by atoms with Crippen LogP contribution in [0.2, 0.25) is 0 Å². The summed E-state index contributed by atoms with van der Waals surface area (Å²) in [7, 11) is 0. The van der Waals surface area contributed by atoms with Crippen LogP contribution in [0.3, 0.4) is 0 Å². The molecule has 0 amide bonds. The summed E-state index contributed by atoms with van der Waals surface area (Å²) in [6.45, 7) is 3.06. The van der Waals surface area contributed by atoms with E-state index in [1.807, 2.05) is 0 Å². The van der Waals surface area contributed by atoms with Crippen LogP contribution in [0.1, 0.15) is 0 Å². The molecule has 1 aliphatic heterocycles. The van der Waals surface area contributed by atoms with Gasteiger partial charge in [-0.25, -0.2) is 14.4 Å². The van der Waals surface area contributed by atoms with E-state index in [9.17, 15) is 14.4 Å². The number of rotatable bonds is 3. The molecule has 0 bridgehead atoms. The Morgan fingerprint density at radius 2 is 1.94 bits per heavy atom. The third kappa shape index (κ3) is 9.60. The summed E-state index contributed by atoms with van der Waals surface area (Å²) in [6, 6.07) is 0. The smallest absolute Gasteiger partial charge is 0.338 e. The molecule has 1 N–H and O–H groups in total. The predicted octanol–water partition coefficient (Wildman–Crippen LogP) is -1.05. The molecule has 0 fully saturated rings. The molecule has 0 aromatic heterocycles. The molecule has 0 aromatic rings. The fourth-order valence-corrected chi connectivity index (χ4v) is 0.508. The monoisotopic (exact) mass is 237 g/mol. The first-order chi connectivity index (χ1) is 7.10. The van der Waals surface area contributed by atoms with Gasteiger partial charge in [-0.2, -0.15) is 0 Å². The number of aliphatic hydroxyl groups excluding tert-OH is 1. The Morgan fingerprint density at radius 3 is 2.19 bits per heavy atom. The Bertz CT molecular complexity index is 280. The van der Waals surface area contributed by atoms with Crippen molar-refractivity contribution < 1.29 is 29.0 Å². The Labute approximate surface area is 114 Å². The van der Waals surface area contributed by atoms with Gasteiger partial charge in [0.15, 0.2) is 0 Å². The SMILES string of the molecule is C=CC(=O)OCCO.O=C1C=CC(=O)O1.[Na]. The average Bonchev–Trinajstić information content (AvgIpc) is 2.59. The maximum atomic E-state index is 10.1. The van der Waals surface area contributed by atoms with Gasteiger partial charge >= 0.3 is 17.9 Å². The number of hydrogen-bond acceptors (Lipinski definition) is 6. The van der Waals surface area contributed by atoms with Crippen LogP contribution >= 0.6 is 0 Å². The predicted molar refractivity (Wildman–Crippen MR) is 54.2 cm³/mol. The van der Waals surface area contributed by atoms with Crippen molar-refractivity contribution in [1.82, 2.24) is 0 Å². The van der Waals surface area contributed by atoms with E-state index in [4.69, 9.17) is 5.11 Å². The fourth-order valence-electron chi connectivity index (χ4n) is 0.508. The van der Waals surface area contributed by atoms with Crippen molar-refractivity contribution in [2.24, 2.45) is 0 Å². The fraction of sp³-hybridized carbons (Fsp3) is 0.222. The van der Waals surface area contributed by atoms with Gasteiger partial charge in [-0.3, -0.25) is 0 Å². The van der Waals surface area contributed by atoms with Crippen molar-refractivity contribution in [2.75, 3.05) is 13.2 Å². The molecule has 0 unspecified atom stereocenters. The maximum absolute atomic E-state index is 10.1. The summed E-state index contributed by atoms with van der Waals surface area (Å²) < 4.78 is 8.31. The third-order valence-electron chi connectivity index (χ3n) is 1.06. The molecule has 0 atom stereocenters. The minimum atomic E-state index is -0.579. The molecule has 0 saturated heterocycles. The number of carbonyl (C=O) groups excluding carboxylic acids is 3. The van der Waals surface area contributed by atoms with Crippen molar-refractivity contribution in [1.29, 1.82) is 0 Å². The van der Waals surface area contributed by atoms with Gasteiger partial charge in [-0.15, -0.1) is 0 Å². The first-order valence-electron chi connectivity index (χ1n) is 3.94. The summed E-state index contributed by atoms with van der Waals surface area (Å²) in [4.78, 5) is 30.0. The van der Waals surface area contributed by atoms with Crippen LogP contribution in [-0.2, 0) is 23.9 Å². The number of esters is 3. The average molecular weight is 237 g/mol. The van der Waals surface area contributed by atoms with Crippen LogP contribution in [0.4, 0.5) is 0 Å². The zero-order valence-electron chi connectivity index (χ0n) is 8.84. The molecule has 7 heteroatoms. The van der Waals surface area contributed by atoms with Gasteiger partial charge in [-0.1, -0.05) is 6.58 Å². The van der Waals surface area contributed by atoms with Crippen LogP contribution in [0.5, 0.6) is 0 Å². The van der Waals surface area contributed by atoms with Crippen molar-refractivity contribution >= 4 is 47.5 Å². The van der Waals surface area contributed by atoms with Crippen molar-refractivity contribution in [3.63, 3.8) is 0 Å². The van der Waals surface area contributed by atoms with Crippen LogP contribution in [0.25, 0.3) is 0 Å². The molecular formula is C9H10NaO6. The Morgan fingerprint density at radius 1 is 1.44 bits per heavy atom. The molecule has 83 valence electrons. The Kier molecular flexibility index (Phi) is 11.5. The van der Waals surface area contributed by atoms with Gasteiger partial charge in [0.05, 0.1) is 6.61 Å². The molecule has 0 saturated carbocycles. The van der Waals surface area contributed by atoms with E-state index in [-0.39, 0.29) is 42.8 Å². The van der Waals surface area contributed by atoms with E-state index in [1.54, 1.807) is 0 Å². The molecule has 1 rings (SSSR count). The molecule has 0 aromatic carbocycles. The van der Waals surface area contributed by atoms with Crippen molar-refractivity contribution in [3.8, 4) is 0 Å². The molecule has 1 heterocycles. The minimum absolute atomic E-state index is 0. The molecule has 0 aliphatic carbocycles. The van der Waals surface area contributed by atoms with Gasteiger partial charge in [0.25, 0.3) is 0 Å². The second kappa shape index (κ2) is 10.6. The van der Waals surface area contributed by atoms with Gasteiger partial charge in [0, 0.05) is 47.8 Å². The third-order valence-corrected chi connectivity index (χ3v) is 1.06. The zero-order valence-corrected chi connectivity index (χ0v) is 10.8. The quantitative estimate of drug-likeness (QED) is 0.291. The first-order valence-corrected chi connectivity index (χ1v) is 3.94. The standard InChI is InChI=1S/C5H8O3.C4H2O3.Na/c1-2-5(7)8-4-3-6;5-3-1-2-4(6)7-3;/h2,6H,1,3-4H2;1-2H;. The number of ether oxygens (including phenoxy) is 2. The summed E-state index contributed by atoms with van der Waals surface area (Å²) in [5.41, 5.74) is 0. The second-order valence-corrected chi connectivity index (χ2v) is 2.17. The number of aliphatic hydroxyl groups is 1. The Balaban J connectivity index is 0. The summed E-state index contributed by atoms with van der Waals surface area (Å²) in [5.74, 6) is -1.66. The van der Waals surface area contributed by atoms with Crippen LogP contribution in [0, 0.1) is 0 Å². The van der Waals surface area contributed by atoms with Crippen molar-refractivity contribution in [2.45, 2.75) is 0 Å². The second-order valence-electron chi connectivity index (χ2n) is 2.17. The van der Waals surface area contributed by atoms with E-state index in [2.05, 4.69) is 16.1 Å². The largest absolute Gasteiger partial charge is 0.460 e. The Hall–Kier alpha value is -0.950. The van der Waals surface area contributed by atoms with E-state index in [0.29, 0.717) is 0 Å². The summed E-state index contributed by atoms with van der Waals surface area (Å²) >= 11 is 0. The normalized spacial score (nSPS) is 11.8. The van der Waals surface area contributed by atoms with E-state index in [1.165, 1.54) is 0 Å². The first kappa shape index (κ1) is 17.4.